The highest BCUT2D eigenvalue weighted by molar-refractivity contribution is 5.68. The summed E-state index contributed by atoms with van der Waals surface area (Å²) in [5.74, 6) is 0. The van der Waals surface area contributed by atoms with Crippen molar-refractivity contribution >= 4 is 6.09 Å². The Bertz CT molecular complexity index is 208. The van der Waals surface area contributed by atoms with Crippen LogP contribution in [0.5, 0.6) is 0 Å². The molecule has 0 aliphatic carbocycles. The van der Waals surface area contributed by atoms with Crippen molar-refractivity contribution < 1.29 is 9.53 Å². The van der Waals surface area contributed by atoms with Crippen LogP contribution in [0.2, 0.25) is 0 Å². The highest BCUT2D eigenvalue weighted by Gasteiger charge is 2.24. The van der Waals surface area contributed by atoms with Crippen molar-refractivity contribution in [3.05, 3.63) is 0 Å². The van der Waals surface area contributed by atoms with Gasteiger partial charge in [-0.05, 0) is 41.0 Å². The Kier molecular flexibility index (Phi) is 6.46. The van der Waals surface area contributed by atoms with Gasteiger partial charge in [-0.2, -0.15) is 0 Å². The predicted molar refractivity (Wildman–Crippen MR) is 67.6 cm³/mol. The predicted octanol–water partition coefficient (Wildman–Crippen LogP) is 3.82. The van der Waals surface area contributed by atoms with Crippen molar-refractivity contribution in [2.24, 2.45) is 0 Å². The summed E-state index contributed by atoms with van der Waals surface area (Å²) in [6.07, 6.45) is 3.17. The summed E-state index contributed by atoms with van der Waals surface area (Å²) < 4.78 is 5.38. The van der Waals surface area contributed by atoms with Crippen molar-refractivity contribution in [3.63, 3.8) is 0 Å². The molecule has 0 aromatic carbocycles. The van der Waals surface area contributed by atoms with Gasteiger partial charge in [0.05, 0.1) is 0 Å². The minimum atomic E-state index is -0.408. The molecular weight excluding hydrogens is 202 g/mol. The molecule has 0 heterocycles. The second kappa shape index (κ2) is 6.77. The van der Waals surface area contributed by atoms with Gasteiger partial charge in [0.15, 0.2) is 0 Å². The van der Waals surface area contributed by atoms with E-state index in [4.69, 9.17) is 4.74 Å². The number of ether oxygens (including phenoxy) is 1. The lowest BCUT2D eigenvalue weighted by Gasteiger charge is -2.30. The van der Waals surface area contributed by atoms with Gasteiger partial charge in [-0.3, -0.25) is 0 Å². The topological polar surface area (TPSA) is 29.5 Å². The van der Waals surface area contributed by atoms with Gasteiger partial charge in [-0.25, -0.2) is 4.79 Å². The molecule has 3 heteroatoms. The molecule has 0 rings (SSSR count). The van der Waals surface area contributed by atoms with Crippen LogP contribution in [0.25, 0.3) is 0 Å². The largest absolute Gasteiger partial charge is 0.444 e. The third-order valence-electron chi connectivity index (χ3n) is 2.48. The summed E-state index contributed by atoms with van der Waals surface area (Å²) >= 11 is 0. The molecule has 0 fully saturated rings. The number of amides is 1. The summed E-state index contributed by atoms with van der Waals surface area (Å²) in [5.41, 5.74) is -0.408. The van der Waals surface area contributed by atoms with Crippen LogP contribution in [-0.4, -0.2) is 29.2 Å². The normalized spacial score (nSPS) is 13.4. The smallest absolute Gasteiger partial charge is 0.410 e. The number of hydrogen-bond donors (Lipinski definition) is 0. The zero-order valence-electron chi connectivity index (χ0n) is 11.7. The van der Waals surface area contributed by atoms with Gasteiger partial charge in [-0.1, -0.05) is 19.8 Å². The van der Waals surface area contributed by atoms with E-state index < -0.39 is 5.60 Å². The second-order valence-electron chi connectivity index (χ2n) is 5.26. The summed E-state index contributed by atoms with van der Waals surface area (Å²) in [7, 11) is 0. The lowest BCUT2D eigenvalue weighted by molar-refractivity contribution is 0.0180. The fourth-order valence-electron chi connectivity index (χ4n) is 1.60. The van der Waals surface area contributed by atoms with E-state index in [2.05, 4.69) is 13.8 Å². The molecule has 0 aromatic heterocycles. The Morgan fingerprint density at radius 1 is 1.31 bits per heavy atom. The van der Waals surface area contributed by atoms with Crippen LogP contribution in [0.4, 0.5) is 4.79 Å². The SMILES string of the molecule is CCCCC(C)N(CC)C(=O)OC(C)(C)C. The fourth-order valence-corrected chi connectivity index (χ4v) is 1.60. The lowest BCUT2D eigenvalue weighted by atomic mass is 10.1. The van der Waals surface area contributed by atoms with E-state index >= 15 is 0 Å². The molecule has 0 N–H and O–H groups in total. The van der Waals surface area contributed by atoms with E-state index in [0.717, 1.165) is 19.3 Å². The molecule has 0 saturated heterocycles. The van der Waals surface area contributed by atoms with Crippen molar-refractivity contribution in [1.82, 2.24) is 4.90 Å². The van der Waals surface area contributed by atoms with Crippen molar-refractivity contribution in [1.29, 1.82) is 0 Å². The fraction of sp³-hybridized carbons (Fsp3) is 0.923. The lowest BCUT2D eigenvalue weighted by Crippen LogP contribution is -2.42. The third-order valence-corrected chi connectivity index (χ3v) is 2.48. The standard InChI is InChI=1S/C13H27NO2/c1-7-9-10-11(3)14(8-2)12(15)16-13(4,5)6/h11H,7-10H2,1-6H3. The van der Waals surface area contributed by atoms with Crippen molar-refractivity contribution in [3.8, 4) is 0 Å². The zero-order valence-corrected chi connectivity index (χ0v) is 11.7. The number of rotatable bonds is 5. The van der Waals surface area contributed by atoms with Gasteiger partial charge in [0, 0.05) is 12.6 Å². The first-order valence-corrected chi connectivity index (χ1v) is 6.31. The Balaban J connectivity index is 4.31. The number of carbonyl (C=O) groups excluding carboxylic acids is 1. The number of hydrogen-bond acceptors (Lipinski definition) is 2. The molecule has 1 amide bonds. The summed E-state index contributed by atoms with van der Waals surface area (Å²) in [5, 5.41) is 0. The summed E-state index contributed by atoms with van der Waals surface area (Å²) in [4.78, 5) is 13.7. The van der Waals surface area contributed by atoms with Crippen LogP contribution in [0.1, 0.15) is 60.8 Å². The molecule has 0 aliphatic heterocycles. The molecule has 0 saturated carbocycles. The molecule has 1 atom stereocenters. The monoisotopic (exact) mass is 229 g/mol. The van der Waals surface area contributed by atoms with E-state index in [9.17, 15) is 4.79 Å². The third kappa shape index (κ3) is 5.99. The molecule has 0 spiro atoms. The maximum absolute atomic E-state index is 11.9. The van der Waals surface area contributed by atoms with Crippen LogP contribution in [0.15, 0.2) is 0 Å². The Labute approximate surface area is 100 Å². The van der Waals surface area contributed by atoms with Gasteiger partial charge >= 0.3 is 6.09 Å². The van der Waals surface area contributed by atoms with Gasteiger partial charge in [0.25, 0.3) is 0 Å². The van der Waals surface area contributed by atoms with Crippen LogP contribution in [-0.2, 0) is 4.74 Å². The Morgan fingerprint density at radius 3 is 2.25 bits per heavy atom. The van der Waals surface area contributed by atoms with Gasteiger partial charge < -0.3 is 9.64 Å². The van der Waals surface area contributed by atoms with Gasteiger partial charge in [-0.15, -0.1) is 0 Å². The molecular formula is C13H27NO2. The summed E-state index contributed by atoms with van der Waals surface area (Å²) in [6, 6.07) is 0.264. The van der Waals surface area contributed by atoms with Crippen LogP contribution >= 0.6 is 0 Å². The first-order valence-electron chi connectivity index (χ1n) is 6.31. The van der Waals surface area contributed by atoms with Crippen LogP contribution in [0, 0.1) is 0 Å². The van der Waals surface area contributed by atoms with E-state index in [-0.39, 0.29) is 12.1 Å². The number of unbranched alkanes of at least 4 members (excludes halogenated alkanes) is 1. The quantitative estimate of drug-likeness (QED) is 0.717. The van der Waals surface area contributed by atoms with Crippen LogP contribution in [0.3, 0.4) is 0 Å². The van der Waals surface area contributed by atoms with Crippen molar-refractivity contribution in [2.45, 2.75) is 72.4 Å². The molecule has 96 valence electrons. The highest BCUT2D eigenvalue weighted by Crippen LogP contribution is 2.14. The maximum Gasteiger partial charge on any atom is 0.410 e. The Morgan fingerprint density at radius 2 is 1.88 bits per heavy atom. The molecule has 0 bridgehead atoms. The van der Waals surface area contributed by atoms with Gasteiger partial charge in [0.1, 0.15) is 5.60 Å². The number of nitrogens with zero attached hydrogens (tertiary/aromatic N) is 1. The van der Waals surface area contributed by atoms with E-state index in [0.29, 0.717) is 6.54 Å². The average Bonchev–Trinajstić information content (AvgIpc) is 2.12. The van der Waals surface area contributed by atoms with Crippen molar-refractivity contribution in [2.75, 3.05) is 6.54 Å². The molecule has 16 heavy (non-hydrogen) atoms. The average molecular weight is 229 g/mol. The van der Waals surface area contributed by atoms with E-state index in [1.165, 1.54) is 0 Å². The maximum atomic E-state index is 11.9. The minimum Gasteiger partial charge on any atom is -0.444 e. The minimum absolute atomic E-state index is 0.196. The first-order chi connectivity index (χ1) is 7.31. The molecule has 0 aromatic rings. The van der Waals surface area contributed by atoms with Crippen LogP contribution < -0.4 is 0 Å². The van der Waals surface area contributed by atoms with E-state index in [1.54, 1.807) is 4.90 Å². The molecule has 3 nitrogen and oxygen atoms in total. The number of carbonyl (C=O) groups is 1. The molecule has 0 aliphatic rings. The molecule has 0 radical (unpaired) electrons. The van der Waals surface area contributed by atoms with E-state index in [1.807, 2.05) is 27.7 Å². The second-order valence-corrected chi connectivity index (χ2v) is 5.26. The first kappa shape index (κ1) is 15.3. The summed E-state index contributed by atoms with van der Waals surface area (Å²) in [6.45, 7) is 12.6. The highest BCUT2D eigenvalue weighted by atomic mass is 16.6. The zero-order chi connectivity index (χ0) is 12.8. The molecule has 1 unspecified atom stereocenters. The van der Waals surface area contributed by atoms with Gasteiger partial charge in [0.2, 0.25) is 0 Å². The Hall–Kier alpha value is -0.730.